The zero-order valence-corrected chi connectivity index (χ0v) is 9.49. The number of aliphatic hydroxyl groups excluding tert-OH is 1. The smallest absolute Gasteiger partial charge is 0.333 e. The van der Waals surface area contributed by atoms with Crippen LogP contribution in [0.15, 0.2) is 12.2 Å². The number of unbranched alkanes of at least 4 members (excludes halogenated alkanes) is 2. The van der Waals surface area contributed by atoms with Crippen LogP contribution in [0.3, 0.4) is 0 Å². The van der Waals surface area contributed by atoms with Gasteiger partial charge in [0.25, 0.3) is 0 Å². The maximum atomic E-state index is 10.9. The third kappa shape index (κ3) is 8.15. The van der Waals surface area contributed by atoms with Gasteiger partial charge in [-0.15, -0.1) is 0 Å². The third-order valence-corrected chi connectivity index (χ3v) is 1.95. The molecule has 0 rings (SSSR count). The molecule has 1 atom stereocenters. The van der Waals surface area contributed by atoms with Gasteiger partial charge in [0.05, 0.1) is 6.61 Å². The fourth-order valence-corrected chi connectivity index (χ4v) is 1.00. The Balaban J connectivity index is 3.25. The van der Waals surface area contributed by atoms with Crippen LogP contribution in [0, 0.1) is 0 Å². The molecule has 4 nitrogen and oxygen atoms in total. The van der Waals surface area contributed by atoms with Crippen LogP contribution in [0.4, 0.5) is 0 Å². The van der Waals surface area contributed by atoms with Crippen molar-refractivity contribution in [2.24, 2.45) is 0 Å². The van der Waals surface area contributed by atoms with Crippen molar-refractivity contribution in [1.29, 1.82) is 0 Å². The number of esters is 1. The van der Waals surface area contributed by atoms with E-state index in [0.717, 1.165) is 19.3 Å². The predicted molar refractivity (Wildman–Crippen MR) is 57.3 cm³/mol. The molecule has 1 unspecified atom stereocenters. The summed E-state index contributed by atoms with van der Waals surface area (Å²) in [6, 6.07) is 0. The van der Waals surface area contributed by atoms with Gasteiger partial charge >= 0.3 is 5.97 Å². The van der Waals surface area contributed by atoms with Crippen molar-refractivity contribution in [3.8, 4) is 0 Å². The first-order chi connectivity index (χ1) is 7.07. The highest BCUT2D eigenvalue weighted by Crippen LogP contribution is 2.04. The van der Waals surface area contributed by atoms with Gasteiger partial charge in [-0.2, -0.15) is 0 Å². The van der Waals surface area contributed by atoms with Gasteiger partial charge in [0.15, 0.2) is 6.29 Å². The van der Waals surface area contributed by atoms with E-state index >= 15 is 0 Å². The van der Waals surface area contributed by atoms with Gasteiger partial charge < -0.3 is 14.6 Å². The summed E-state index contributed by atoms with van der Waals surface area (Å²) in [6.07, 6.45) is 2.51. The van der Waals surface area contributed by atoms with Crippen molar-refractivity contribution in [2.75, 3.05) is 13.7 Å². The highest BCUT2D eigenvalue weighted by Gasteiger charge is 2.03. The molecule has 0 bridgehead atoms. The molecule has 0 heterocycles. The summed E-state index contributed by atoms with van der Waals surface area (Å²) in [5.41, 5.74) is 0.421. The molecule has 0 aromatic rings. The van der Waals surface area contributed by atoms with Gasteiger partial charge in [0.1, 0.15) is 0 Å². The van der Waals surface area contributed by atoms with Crippen LogP contribution in [-0.2, 0) is 14.3 Å². The topological polar surface area (TPSA) is 55.8 Å². The van der Waals surface area contributed by atoms with Gasteiger partial charge in [0, 0.05) is 12.7 Å². The average Bonchev–Trinajstić information content (AvgIpc) is 2.22. The first-order valence-corrected chi connectivity index (χ1v) is 5.11. The molecular formula is C11H20O4. The van der Waals surface area contributed by atoms with E-state index in [4.69, 9.17) is 9.84 Å². The number of hydrogen-bond donors (Lipinski definition) is 1. The molecule has 15 heavy (non-hydrogen) atoms. The molecule has 0 fully saturated rings. The highest BCUT2D eigenvalue weighted by atomic mass is 16.6. The Morgan fingerprint density at radius 2 is 2.07 bits per heavy atom. The number of carbonyl (C=O) groups is 1. The molecule has 0 aliphatic heterocycles. The molecule has 88 valence electrons. The van der Waals surface area contributed by atoms with Crippen LogP contribution in [-0.4, -0.2) is 31.1 Å². The lowest BCUT2D eigenvalue weighted by Crippen LogP contribution is -2.09. The molecule has 0 aliphatic carbocycles. The van der Waals surface area contributed by atoms with Gasteiger partial charge in [-0.3, -0.25) is 0 Å². The Labute approximate surface area is 90.9 Å². The minimum absolute atomic E-state index is 0.341. The molecule has 4 heteroatoms. The lowest BCUT2D eigenvalue weighted by atomic mass is 10.2. The molecule has 0 aromatic heterocycles. The number of ether oxygens (including phenoxy) is 2. The lowest BCUT2D eigenvalue weighted by Gasteiger charge is -2.07. The van der Waals surface area contributed by atoms with E-state index in [2.05, 4.69) is 11.3 Å². The second-order valence-electron chi connectivity index (χ2n) is 3.46. The Morgan fingerprint density at radius 1 is 1.40 bits per heavy atom. The molecule has 0 aromatic carbocycles. The zero-order chi connectivity index (χ0) is 11.7. The second-order valence-corrected chi connectivity index (χ2v) is 3.46. The number of aliphatic hydroxyl groups is 1. The van der Waals surface area contributed by atoms with Crippen molar-refractivity contribution in [3.05, 3.63) is 12.2 Å². The van der Waals surface area contributed by atoms with Gasteiger partial charge in [0.2, 0.25) is 0 Å². The van der Waals surface area contributed by atoms with Crippen LogP contribution in [0.1, 0.15) is 32.6 Å². The standard InChI is InChI=1S/C11H20O4/c1-9(2)11(13)15-8-6-4-5-7-10(12)14-3/h10,12H,1,4-8H2,2-3H3. The summed E-state index contributed by atoms with van der Waals surface area (Å²) < 4.78 is 9.59. The summed E-state index contributed by atoms with van der Waals surface area (Å²) >= 11 is 0. The Bertz CT molecular complexity index is 201. The molecule has 0 radical (unpaired) electrons. The summed E-state index contributed by atoms with van der Waals surface area (Å²) in [5.74, 6) is -0.341. The normalized spacial score (nSPS) is 12.2. The van der Waals surface area contributed by atoms with Crippen molar-refractivity contribution in [3.63, 3.8) is 0 Å². The van der Waals surface area contributed by atoms with Crippen molar-refractivity contribution in [2.45, 2.75) is 38.9 Å². The Kier molecular flexibility index (Phi) is 7.95. The van der Waals surface area contributed by atoms with E-state index in [1.54, 1.807) is 6.92 Å². The Morgan fingerprint density at radius 3 is 2.60 bits per heavy atom. The molecule has 1 N–H and O–H groups in total. The fraction of sp³-hybridized carbons (Fsp3) is 0.727. The van der Waals surface area contributed by atoms with Crippen LogP contribution in [0.5, 0.6) is 0 Å². The van der Waals surface area contributed by atoms with E-state index in [0.29, 0.717) is 18.6 Å². The first kappa shape index (κ1) is 14.1. The molecule has 0 saturated carbocycles. The van der Waals surface area contributed by atoms with E-state index in [1.165, 1.54) is 7.11 Å². The Hall–Kier alpha value is -0.870. The fourth-order valence-electron chi connectivity index (χ4n) is 1.00. The third-order valence-electron chi connectivity index (χ3n) is 1.95. The van der Waals surface area contributed by atoms with Gasteiger partial charge in [-0.05, 0) is 32.6 Å². The van der Waals surface area contributed by atoms with E-state index in [9.17, 15) is 4.79 Å². The number of methoxy groups -OCH3 is 1. The van der Waals surface area contributed by atoms with E-state index in [-0.39, 0.29) is 5.97 Å². The number of rotatable bonds is 8. The molecule has 0 spiro atoms. The minimum Gasteiger partial charge on any atom is -0.462 e. The highest BCUT2D eigenvalue weighted by molar-refractivity contribution is 5.86. The summed E-state index contributed by atoms with van der Waals surface area (Å²) in [7, 11) is 1.47. The van der Waals surface area contributed by atoms with E-state index < -0.39 is 6.29 Å². The molecule has 0 saturated heterocycles. The minimum atomic E-state index is -0.678. The average molecular weight is 216 g/mol. The summed E-state index contributed by atoms with van der Waals surface area (Å²) in [5, 5.41) is 9.06. The van der Waals surface area contributed by atoms with Crippen molar-refractivity contribution < 1.29 is 19.4 Å². The monoisotopic (exact) mass is 216 g/mol. The largest absolute Gasteiger partial charge is 0.462 e. The van der Waals surface area contributed by atoms with Crippen LogP contribution < -0.4 is 0 Å². The van der Waals surface area contributed by atoms with Crippen LogP contribution >= 0.6 is 0 Å². The maximum absolute atomic E-state index is 10.9. The van der Waals surface area contributed by atoms with Crippen molar-refractivity contribution >= 4 is 5.97 Å². The van der Waals surface area contributed by atoms with Crippen LogP contribution in [0.2, 0.25) is 0 Å². The van der Waals surface area contributed by atoms with E-state index in [1.807, 2.05) is 0 Å². The summed E-state index contributed by atoms with van der Waals surface area (Å²) in [6.45, 7) is 5.51. The van der Waals surface area contributed by atoms with Crippen molar-refractivity contribution in [1.82, 2.24) is 0 Å². The first-order valence-electron chi connectivity index (χ1n) is 5.11. The number of carbonyl (C=O) groups excluding carboxylic acids is 1. The second kappa shape index (κ2) is 8.44. The maximum Gasteiger partial charge on any atom is 0.333 e. The number of hydrogen-bond acceptors (Lipinski definition) is 4. The predicted octanol–water partition coefficient (Wildman–Crippen LogP) is 1.63. The molecule has 0 aliphatic rings. The van der Waals surface area contributed by atoms with Crippen LogP contribution in [0.25, 0.3) is 0 Å². The van der Waals surface area contributed by atoms with Gasteiger partial charge in [-0.25, -0.2) is 4.79 Å². The lowest BCUT2D eigenvalue weighted by molar-refractivity contribution is -0.139. The SMILES string of the molecule is C=C(C)C(=O)OCCCCCC(O)OC. The zero-order valence-electron chi connectivity index (χ0n) is 9.49. The summed E-state index contributed by atoms with van der Waals surface area (Å²) in [4.78, 5) is 10.9. The molecule has 0 amide bonds. The van der Waals surface area contributed by atoms with Gasteiger partial charge in [-0.1, -0.05) is 6.58 Å². The quantitative estimate of drug-likeness (QED) is 0.290. The molecular weight excluding hydrogens is 196 g/mol.